The number of hydrogen-bond acceptors (Lipinski definition) is 4. The average molecular weight is 269 g/mol. The second kappa shape index (κ2) is 7.48. The minimum absolute atomic E-state index is 0.0674. The fraction of sp³-hybridized carbons (Fsp3) is 0.385. The quantitative estimate of drug-likeness (QED) is 0.755. The van der Waals surface area contributed by atoms with E-state index >= 15 is 0 Å². The molecule has 0 heterocycles. The Morgan fingerprint density at radius 2 is 2.26 bits per heavy atom. The Balaban J connectivity index is 2.52. The normalized spacial score (nSPS) is 11.7. The molecule has 0 radical (unpaired) electrons. The molecule has 19 heavy (non-hydrogen) atoms. The maximum Gasteiger partial charge on any atom is 0.258 e. The molecule has 1 aromatic rings. The van der Waals surface area contributed by atoms with E-state index in [-0.39, 0.29) is 29.9 Å². The van der Waals surface area contributed by atoms with E-state index in [4.69, 9.17) is 9.47 Å². The van der Waals surface area contributed by atoms with Crippen molar-refractivity contribution < 1.29 is 23.5 Å². The number of ether oxygens (including phenoxy) is 2. The molecule has 104 valence electrons. The Bertz CT molecular complexity index is 450. The number of methoxy groups -OCH3 is 1. The highest BCUT2D eigenvalue weighted by atomic mass is 19.1. The minimum atomic E-state index is -0.535. The molecule has 0 aromatic heterocycles. The molecule has 1 N–H and O–H groups in total. The predicted octanol–water partition coefficient (Wildman–Crippen LogP) is 1.17. The summed E-state index contributed by atoms with van der Waals surface area (Å²) >= 11 is 0. The van der Waals surface area contributed by atoms with Crippen LogP contribution < -0.4 is 10.1 Å². The monoisotopic (exact) mass is 269 g/mol. The molecule has 0 spiro atoms. The lowest BCUT2D eigenvalue weighted by Crippen LogP contribution is -2.38. The van der Waals surface area contributed by atoms with Crippen LogP contribution in [0.4, 0.5) is 4.39 Å². The summed E-state index contributed by atoms with van der Waals surface area (Å²) in [6.07, 6.45) is 0.476. The third kappa shape index (κ3) is 5.05. The molecule has 5 nitrogen and oxygen atoms in total. The third-order valence-corrected chi connectivity index (χ3v) is 2.28. The van der Waals surface area contributed by atoms with Gasteiger partial charge in [-0.2, -0.15) is 0 Å². The zero-order chi connectivity index (χ0) is 14.3. The Morgan fingerprint density at radius 3 is 2.89 bits per heavy atom. The fourth-order valence-electron chi connectivity index (χ4n) is 1.49. The van der Waals surface area contributed by atoms with Gasteiger partial charge in [0.05, 0.1) is 12.2 Å². The van der Waals surface area contributed by atoms with Crippen LogP contribution in [0, 0.1) is 5.82 Å². The molecule has 1 unspecified atom stereocenters. The van der Waals surface area contributed by atoms with Crippen molar-refractivity contribution in [2.24, 2.45) is 0 Å². The van der Waals surface area contributed by atoms with E-state index in [9.17, 15) is 14.0 Å². The molecule has 0 saturated carbocycles. The van der Waals surface area contributed by atoms with Crippen LogP contribution in [0.15, 0.2) is 18.2 Å². The number of aldehydes is 1. The summed E-state index contributed by atoms with van der Waals surface area (Å²) in [7, 11) is 1.54. The molecule has 0 fully saturated rings. The highest BCUT2D eigenvalue weighted by Gasteiger charge is 2.10. The Labute approximate surface area is 110 Å². The first-order valence-corrected chi connectivity index (χ1v) is 5.72. The van der Waals surface area contributed by atoms with Crippen LogP contribution >= 0.6 is 0 Å². The Kier molecular flexibility index (Phi) is 5.95. The van der Waals surface area contributed by atoms with Gasteiger partial charge in [-0.25, -0.2) is 4.39 Å². The highest BCUT2D eigenvalue weighted by Crippen LogP contribution is 2.17. The predicted molar refractivity (Wildman–Crippen MR) is 66.8 cm³/mol. The van der Waals surface area contributed by atoms with Crippen molar-refractivity contribution in [1.29, 1.82) is 0 Å². The number of hydrogen-bond donors (Lipinski definition) is 1. The van der Waals surface area contributed by atoms with Gasteiger partial charge in [0.1, 0.15) is 11.6 Å². The van der Waals surface area contributed by atoms with Crippen LogP contribution in [0.25, 0.3) is 0 Å². The van der Waals surface area contributed by atoms with E-state index in [0.717, 1.165) is 12.1 Å². The highest BCUT2D eigenvalue weighted by molar-refractivity contribution is 5.81. The van der Waals surface area contributed by atoms with Crippen molar-refractivity contribution in [3.05, 3.63) is 29.6 Å². The molecule has 0 aliphatic rings. The molecular formula is C13H16FNO4. The molecule has 0 aliphatic heterocycles. The second-order valence-electron chi connectivity index (χ2n) is 4.01. The molecule has 0 bridgehead atoms. The van der Waals surface area contributed by atoms with Gasteiger partial charge in [-0.3, -0.25) is 9.59 Å². The molecule has 1 amide bonds. The summed E-state index contributed by atoms with van der Waals surface area (Å²) in [5.41, 5.74) is 0.0674. The number of halogens is 1. The third-order valence-electron chi connectivity index (χ3n) is 2.28. The number of amides is 1. The maximum absolute atomic E-state index is 12.9. The first-order valence-electron chi connectivity index (χ1n) is 5.72. The lowest BCUT2D eigenvalue weighted by molar-refractivity contribution is -0.124. The molecule has 1 rings (SSSR count). The van der Waals surface area contributed by atoms with E-state index in [1.54, 1.807) is 6.92 Å². The minimum Gasteiger partial charge on any atom is -0.483 e. The van der Waals surface area contributed by atoms with E-state index in [0.29, 0.717) is 12.9 Å². The number of carbonyl (C=O) groups excluding carboxylic acids is 2. The topological polar surface area (TPSA) is 64.6 Å². The van der Waals surface area contributed by atoms with E-state index in [2.05, 4.69) is 5.32 Å². The average Bonchev–Trinajstić information content (AvgIpc) is 2.37. The molecule has 1 aromatic carbocycles. The van der Waals surface area contributed by atoms with Crippen LogP contribution in [0.2, 0.25) is 0 Å². The molecule has 0 saturated heterocycles. The van der Waals surface area contributed by atoms with Crippen LogP contribution in [-0.2, 0) is 9.53 Å². The van der Waals surface area contributed by atoms with Crippen molar-refractivity contribution in [3.8, 4) is 5.75 Å². The van der Waals surface area contributed by atoms with E-state index in [1.807, 2.05) is 0 Å². The van der Waals surface area contributed by atoms with Crippen molar-refractivity contribution in [3.63, 3.8) is 0 Å². The molecule has 6 heteroatoms. The summed E-state index contributed by atoms with van der Waals surface area (Å²) in [6.45, 7) is 1.93. The van der Waals surface area contributed by atoms with Gasteiger partial charge in [-0.15, -0.1) is 0 Å². The van der Waals surface area contributed by atoms with Gasteiger partial charge in [0.15, 0.2) is 12.9 Å². The van der Waals surface area contributed by atoms with Crippen molar-refractivity contribution >= 4 is 12.2 Å². The number of carbonyl (C=O) groups is 2. The maximum atomic E-state index is 12.9. The molecule has 0 aliphatic carbocycles. The zero-order valence-corrected chi connectivity index (χ0v) is 10.8. The largest absolute Gasteiger partial charge is 0.483 e. The summed E-state index contributed by atoms with van der Waals surface area (Å²) in [5.74, 6) is -0.704. The van der Waals surface area contributed by atoms with Gasteiger partial charge in [-0.05, 0) is 25.1 Å². The Hall–Kier alpha value is -1.95. The van der Waals surface area contributed by atoms with Gasteiger partial charge < -0.3 is 14.8 Å². The number of benzene rings is 1. The summed E-state index contributed by atoms with van der Waals surface area (Å²) in [4.78, 5) is 22.2. The van der Waals surface area contributed by atoms with Crippen molar-refractivity contribution in [1.82, 2.24) is 5.32 Å². The SMILES string of the molecule is COCC(C)NC(=O)COc1ccc(F)cc1C=O. The van der Waals surface area contributed by atoms with E-state index in [1.165, 1.54) is 13.2 Å². The van der Waals surface area contributed by atoms with Crippen LogP contribution in [0.5, 0.6) is 5.75 Å². The molecular weight excluding hydrogens is 253 g/mol. The molecule has 1 atom stereocenters. The summed E-state index contributed by atoms with van der Waals surface area (Å²) in [6, 6.07) is 3.38. The number of nitrogens with one attached hydrogen (secondary N) is 1. The van der Waals surface area contributed by atoms with Crippen molar-refractivity contribution in [2.75, 3.05) is 20.3 Å². The van der Waals surface area contributed by atoms with Crippen LogP contribution in [-0.4, -0.2) is 38.6 Å². The zero-order valence-electron chi connectivity index (χ0n) is 10.8. The van der Waals surface area contributed by atoms with E-state index < -0.39 is 5.82 Å². The van der Waals surface area contributed by atoms with Gasteiger partial charge in [-0.1, -0.05) is 0 Å². The summed E-state index contributed by atoms with van der Waals surface area (Å²) in [5, 5.41) is 2.65. The lowest BCUT2D eigenvalue weighted by Gasteiger charge is -2.13. The van der Waals surface area contributed by atoms with Crippen LogP contribution in [0.3, 0.4) is 0 Å². The lowest BCUT2D eigenvalue weighted by atomic mass is 10.2. The van der Waals surface area contributed by atoms with Crippen LogP contribution in [0.1, 0.15) is 17.3 Å². The van der Waals surface area contributed by atoms with Crippen molar-refractivity contribution in [2.45, 2.75) is 13.0 Å². The van der Waals surface area contributed by atoms with Gasteiger partial charge in [0.2, 0.25) is 0 Å². The first kappa shape index (κ1) is 15.1. The second-order valence-corrected chi connectivity index (χ2v) is 4.01. The fourth-order valence-corrected chi connectivity index (χ4v) is 1.49. The Morgan fingerprint density at radius 1 is 1.53 bits per heavy atom. The smallest absolute Gasteiger partial charge is 0.258 e. The standard InChI is InChI=1S/C13H16FNO4/c1-9(7-18-2)15-13(17)8-19-12-4-3-11(14)5-10(12)6-16/h3-6,9H,7-8H2,1-2H3,(H,15,17). The summed E-state index contributed by atoms with van der Waals surface area (Å²) < 4.78 is 22.9. The number of rotatable bonds is 7. The first-order chi connectivity index (χ1) is 9.06. The van der Waals surface area contributed by atoms with Gasteiger partial charge >= 0.3 is 0 Å². The van der Waals surface area contributed by atoms with Gasteiger partial charge in [0, 0.05) is 13.2 Å². The van der Waals surface area contributed by atoms with Gasteiger partial charge in [0.25, 0.3) is 5.91 Å².